The topological polar surface area (TPSA) is 75.6 Å². The molecule has 0 aromatic heterocycles. The largest absolute Gasteiger partial charge is 0.483 e. The summed E-state index contributed by atoms with van der Waals surface area (Å²) in [6.45, 7) is -0.522. The summed E-state index contributed by atoms with van der Waals surface area (Å²) in [7, 11) is 0. The van der Waals surface area contributed by atoms with Gasteiger partial charge in [-0.1, -0.05) is 12.1 Å². The molecule has 1 amide bonds. The summed E-state index contributed by atoms with van der Waals surface area (Å²) in [5.74, 6) is -2.15. The molecule has 1 aromatic carbocycles. The molecule has 1 saturated carbocycles. The molecule has 5 nitrogen and oxygen atoms in total. The van der Waals surface area contributed by atoms with Crippen molar-refractivity contribution >= 4 is 11.9 Å². The van der Waals surface area contributed by atoms with Crippen LogP contribution in [-0.4, -0.2) is 29.6 Å². The maximum absolute atomic E-state index is 12.8. The minimum absolute atomic E-state index is 0.172. The Bertz CT molecular complexity index is 595. The van der Waals surface area contributed by atoms with Gasteiger partial charge < -0.3 is 15.2 Å². The molecule has 0 unspecified atom stereocenters. The third-order valence-corrected chi connectivity index (χ3v) is 3.99. The van der Waals surface area contributed by atoms with Crippen LogP contribution in [0.1, 0.15) is 31.2 Å². The fraction of sp³-hybridized carbons (Fsp3) is 0.500. The quantitative estimate of drug-likeness (QED) is 0.860. The van der Waals surface area contributed by atoms with E-state index in [0.29, 0.717) is 25.7 Å². The van der Waals surface area contributed by atoms with E-state index < -0.39 is 41.9 Å². The lowest BCUT2D eigenvalue weighted by Crippen LogP contribution is -2.41. The number of aliphatic carboxylic acids is 1. The van der Waals surface area contributed by atoms with Crippen LogP contribution in [0.3, 0.4) is 0 Å². The lowest BCUT2D eigenvalue weighted by molar-refractivity contribution is -0.143. The second-order valence-electron chi connectivity index (χ2n) is 5.74. The average Bonchev–Trinajstić information content (AvgIpc) is 2.53. The van der Waals surface area contributed by atoms with Crippen LogP contribution in [0.2, 0.25) is 0 Å². The van der Waals surface area contributed by atoms with Gasteiger partial charge in [0.2, 0.25) is 0 Å². The van der Waals surface area contributed by atoms with E-state index in [9.17, 15) is 22.8 Å². The van der Waals surface area contributed by atoms with Crippen molar-refractivity contribution in [3.8, 4) is 5.75 Å². The Morgan fingerprint density at radius 1 is 1.17 bits per heavy atom. The van der Waals surface area contributed by atoms with Crippen molar-refractivity contribution in [3.05, 3.63) is 29.8 Å². The summed E-state index contributed by atoms with van der Waals surface area (Å²) >= 11 is 0. The predicted molar refractivity (Wildman–Crippen MR) is 78.5 cm³/mol. The number of hydrogen-bond acceptors (Lipinski definition) is 3. The number of carbonyl (C=O) groups excluding carboxylic acids is 1. The predicted octanol–water partition coefficient (Wildman–Crippen LogP) is 2.84. The molecule has 0 radical (unpaired) electrons. The molecule has 2 rings (SSSR count). The van der Waals surface area contributed by atoms with Crippen LogP contribution in [-0.2, 0) is 15.8 Å². The van der Waals surface area contributed by atoms with Crippen LogP contribution in [0.5, 0.6) is 5.75 Å². The van der Waals surface area contributed by atoms with Gasteiger partial charge in [0.05, 0.1) is 11.5 Å². The molecule has 1 aliphatic carbocycles. The summed E-state index contributed by atoms with van der Waals surface area (Å²) in [4.78, 5) is 22.7. The molecule has 8 heteroatoms. The number of alkyl halides is 3. The lowest BCUT2D eigenvalue weighted by atomic mass is 9.86. The molecule has 0 atom stereocenters. The Morgan fingerprint density at radius 2 is 1.79 bits per heavy atom. The third-order valence-electron chi connectivity index (χ3n) is 3.99. The second kappa shape index (κ2) is 7.55. The number of nitrogens with one attached hydrogen (secondary N) is 1. The number of amides is 1. The van der Waals surface area contributed by atoms with Gasteiger partial charge in [-0.3, -0.25) is 9.59 Å². The number of carbonyl (C=O) groups is 2. The van der Waals surface area contributed by atoms with E-state index in [4.69, 9.17) is 9.84 Å². The molecule has 1 fully saturated rings. The number of rotatable bonds is 5. The zero-order valence-corrected chi connectivity index (χ0v) is 12.8. The van der Waals surface area contributed by atoms with E-state index in [0.717, 1.165) is 12.1 Å². The Balaban J connectivity index is 1.83. The molecule has 0 aliphatic heterocycles. The first kappa shape index (κ1) is 18.1. The Labute approximate surface area is 136 Å². The maximum Gasteiger partial charge on any atom is 0.419 e. The van der Waals surface area contributed by atoms with Gasteiger partial charge in [0.15, 0.2) is 6.61 Å². The minimum atomic E-state index is -4.55. The maximum atomic E-state index is 12.8. The summed E-state index contributed by atoms with van der Waals surface area (Å²) in [5.41, 5.74) is -0.931. The van der Waals surface area contributed by atoms with Crippen molar-refractivity contribution < 1.29 is 32.6 Å². The highest BCUT2D eigenvalue weighted by molar-refractivity contribution is 5.78. The van der Waals surface area contributed by atoms with Crippen LogP contribution < -0.4 is 10.1 Å². The first-order valence-corrected chi connectivity index (χ1v) is 7.58. The highest BCUT2D eigenvalue weighted by Gasteiger charge is 2.34. The SMILES string of the molecule is O=C(COc1ccccc1C(F)(F)F)NC1CCC(C(=O)O)CC1. The molecule has 1 aromatic rings. The van der Waals surface area contributed by atoms with Crippen molar-refractivity contribution in [1.29, 1.82) is 0 Å². The van der Waals surface area contributed by atoms with Crippen LogP contribution in [0, 0.1) is 5.92 Å². The van der Waals surface area contributed by atoms with E-state index in [1.54, 1.807) is 0 Å². The van der Waals surface area contributed by atoms with Crippen molar-refractivity contribution in [3.63, 3.8) is 0 Å². The van der Waals surface area contributed by atoms with Crippen LogP contribution in [0.15, 0.2) is 24.3 Å². The zero-order valence-electron chi connectivity index (χ0n) is 12.8. The molecule has 0 bridgehead atoms. The minimum Gasteiger partial charge on any atom is -0.483 e. The normalized spacial score (nSPS) is 21.1. The van der Waals surface area contributed by atoms with Gasteiger partial charge in [-0.05, 0) is 37.8 Å². The molecular formula is C16H18F3NO4. The first-order chi connectivity index (χ1) is 11.3. The smallest absolute Gasteiger partial charge is 0.419 e. The number of carboxylic acid groups (broad SMARTS) is 1. The van der Waals surface area contributed by atoms with E-state index in [2.05, 4.69) is 5.32 Å². The number of para-hydroxylation sites is 1. The molecule has 0 spiro atoms. The number of benzene rings is 1. The van der Waals surface area contributed by atoms with E-state index >= 15 is 0 Å². The Hall–Kier alpha value is -2.25. The molecular weight excluding hydrogens is 327 g/mol. The first-order valence-electron chi connectivity index (χ1n) is 7.58. The van der Waals surface area contributed by atoms with Gasteiger partial charge in [-0.15, -0.1) is 0 Å². The van der Waals surface area contributed by atoms with Gasteiger partial charge in [0, 0.05) is 6.04 Å². The van der Waals surface area contributed by atoms with Gasteiger partial charge in [0.1, 0.15) is 5.75 Å². The van der Waals surface area contributed by atoms with E-state index in [-0.39, 0.29) is 6.04 Å². The van der Waals surface area contributed by atoms with Crippen LogP contribution >= 0.6 is 0 Å². The third kappa shape index (κ3) is 4.87. The fourth-order valence-corrected chi connectivity index (χ4v) is 2.72. The average molecular weight is 345 g/mol. The van der Waals surface area contributed by atoms with Crippen molar-refractivity contribution in [1.82, 2.24) is 5.32 Å². The summed E-state index contributed by atoms with van der Waals surface area (Å²) in [6.07, 6.45) is -2.55. The van der Waals surface area contributed by atoms with Crippen molar-refractivity contribution in [2.45, 2.75) is 37.9 Å². The monoisotopic (exact) mass is 345 g/mol. The zero-order chi connectivity index (χ0) is 17.7. The van der Waals surface area contributed by atoms with Gasteiger partial charge in [0.25, 0.3) is 5.91 Å². The molecule has 2 N–H and O–H groups in total. The number of halogens is 3. The van der Waals surface area contributed by atoms with E-state index in [1.165, 1.54) is 12.1 Å². The molecule has 1 aliphatic rings. The Morgan fingerprint density at radius 3 is 2.38 bits per heavy atom. The van der Waals surface area contributed by atoms with Crippen LogP contribution in [0.4, 0.5) is 13.2 Å². The number of hydrogen-bond donors (Lipinski definition) is 2. The highest BCUT2D eigenvalue weighted by Crippen LogP contribution is 2.35. The number of carboxylic acids is 1. The highest BCUT2D eigenvalue weighted by atomic mass is 19.4. The molecule has 0 heterocycles. The summed E-state index contributed by atoms with van der Waals surface area (Å²) < 4.78 is 43.5. The second-order valence-corrected chi connectivity index (χ2v) is 5.74. The standard InChI is InChI=1S/C16H18F3NO4/c17-16(18,19)12-3-1-2-4-13(12)24-9-14(21)20-11-7-5-10(6-8-11)15(22)23/h1-4,10-11H,5-9H2,(H,20,21)(H,22,23). The van der Waals surface area contributed by atoms with Crippen molar-refractivity contribution in [2.24, 2.45) is 5.92 Å². The van der Waals surface area contributed by atoms with E-state index in [1.807, 2.05) is 0 Å². The molecule has 132 valence electrons. The summed E-state index contributed by atoms with van der Waals surface area (Å²) in [5, 5.41) is 11.6. The molecule has 24 heavy (non-hydrogen) atoms. The van der Waals surface area contributed by atoms with Gasteiger partial charge >= 0.3 is 12.1 Å². The number of ether oxygens (including phenoxy) is 1. The summed E-state index contributed by atoms with van der Waals surface area (Å²) in [6, 6.07) is 4.52. The van der Waals surface area contributed by atoms with Crippen molar-refractivity contribution in [2.75, 3.05) is 6.61 Å². The lowest BCUT2D eigenvalue weighted by Gasteiger charge is -2.26. The Kier molecular flexibility index (Phi) is 5.69. The van der Waals surface area contributed by atoms with Crippen LogP contribution in [0.25, 0.3) is 0 Å². The van der Waals surface area contributed by atoms with Gasteiger partial charge in [-0.25, -0.2) is 0 Å². The van der Waals surface area contributed by atoms with Gasteiger partial charge in [-0.2, -0.15) is 13.2 Å². The molecule has 0 saturated heterocycles. The fourth-order valence-electron chi connectivity index (χ4n) is 2.72.